The molecule has 1 aromatic carbocycles. The minimum Gasteiger partial charge on any atom is -0.490 e. The molecule has 0 aliphatic carbocycles. The van der Waals surface area contributed by atoms with E-state index in [1.807, 2.05) is 25.1 Å². The van der Waals surface area contributed by atoms with Gasteiger partial charge in [-0.1, -0.05) is 19.1 Å². The molecule has 0 aromatic heterocycles. The molecule has 8 heteroatoms. The fourth-order valence-electron chi connectivity index (χ4n) is 2.23. The lowest BCUT2D eigenvalue weighted by molar-refractivity contribution is 0.215. The average Bonchev–Trinajstić information content (AvgIpc) is 2.58. The highest BCUT2D eigenvalue weighted by atomic mass is 127. The van der Waals surface area contributed by atoms with Gasteiger partial charge in [-0.05, 0) is 52.7 Å². The summed E-state index contributed by atoms with van der Waals surface area (Å²) in [6, 6.07) is 6.12. The Bertz CT molecular complexity index is 744. The Kier molecular flexibility index (Phi) is 11.4. The zero-order valence-electron chi connectivity index (χ0n) is 18.1. The number of hydrogen-bond donors (Lipinski definition) is 2. The number of rotatable bonds is 8. The lowest BCUT2D eigenvalue weighted by Gasteiger charge is -2.20. The fourth-order valence-corrected chi connectivity index (χ4v) is 3.21. The van der Waals surface area contributed by atoms with Crippen LogP contribution in [0, 0.1) is 6.92 Å². The maximum Gasteiger partial charge on any atom is 0.191 e. The molecule has 28 heavy (non-hydrogen) atoms. The van der Waals surface area contributed by atoms with Gasteiger partial charge < -0.3 is 15.4 Å². The fraction of sp³-hybridized carbons (Fsp3) is 0.650. The van der Waals surface area contributed by atoms with Crippen LogP contribution in [-0.4, -0.2) is 44.6 Å². The van der Waals surface area contributed by atoms with Crippen LogP contribution in [0.1, 0.15) is 52.2 Å². The van der Waals surface area contributed by atoms with Crippen molar-refractivity contribution in [1.82, 2.24) is 10.6 Å². The monoisotopic (exact) mass is 525 g/mol. The van der Waals surface area contributed by atoms with Crippen LogP contribution >= 0.6 is 24.0 Å². The lowest BCUT2D eigenvalue weighted by Crippen LogP contribution is -2.41. The SMILES string of the molecule is CCC(C)Oc1cc(C)ccc1CNC(=NC)NCCS(=O)(=O)C(C)(C)C.I. The van der Waals surface area contributed by atoms with E-state index in [4.69, 9.17) is 4.74 Å². The first-order valence-electron chi connectivity index (χ1n) is 9.43. The Morgan fingerprint density at radius 1 is 1.25 bits per heavy atom. The number of aliphatic imine (C=N–C) groups is 1. The standard InChI is InChI=1S/C20H35N3O3S.HI/c1-8-16(3)26-18-13-15(2)9-10-17(18)14-23-19(21-7)22-11-12-27(24,25)20(4,5)6;/h9-10,13,16H,8,11-12,14H2,1-7H3,(H2,21,22,23);1H. The molecule has 0 amide bonds. The summed E-state index contributed by atoms with van der Waals surface area (Å²) in [7, 11) is -1.50. The first kappa shape index (κ1) is 27.0. The number of benzene rings is 1. The van der Waals surface area contributed by atoms with Crippen LogP contribution in [-0.2, 0) is 16.4 Å². The summed E-state index contributed by atoms with van der Waals surface area (Å²) < 4.78 is 29.7. The largest absolute Gasteiger partial charge is 0.490 e. The highest BCUT2D eigenvalue weighted by molar-refractivity contribution is 14.0. The summed E-state index contributed by atoms with van der Waals surface area (Å²) in [6.07, 6.45) is 1.08. The average molecular weight is 525 g/mol. The van der Waals surface area contributed by atoms with E-state index in [0.29, 0.717) is 19.0 Å². The number of sulfone groups is 1. The quantitative estimate of drug-likeness (QED) is 0.308. The number of ether oxygens (including phenoxy) is 1. The van der Waals surface area contributed by atoms with Crippen LogP contribution < -0.4 is 15.4 Å². The molecule has 162 valence electrons. The number of halogens is 1. The topological polar surface area (TPSA) is 79.8 Å². The molecule has 2 N–H and O–H groups in total. The number of hydrogen-bond acceptors (Lipinski definition) is 4. The molecule has 1 aromatic rings. The lowest BCUT2D eigenvalue weighted by atomic mass is 10.1. The van der Waals surface area contributed by atoms with Crippen LogP contribution in [0.3, 0.4) is 0 Å². The van der Waals surface area contributed by atoms with Crippen LogP contribution in [0.4, 0.5) is 0 Å². The highest BCUT2D eigenvalue weighted by Gasteiger charge is 2.28. The van der Waals surface area contributed by atoms with Crippen molar-refractivity contribution >= 4 is 39.8 Å². The maximum absolute atomic E-state index is 12.2. The second-order valence-corrected chi connectivity index (χ2v) is 10.6. The van der Waals surface area contributed by atoms with E-state index in [1.165, 1.54) is 0 Å². The molecule has 0 heterocycles. The summed E-state index contributed by atoms with van der Waals surface area (Å²) in [5.74, 6) is 1.49. The summed E-state index contributed by atoms with van der Waals surface area (Å²) in [4.78, 5) is 4.17. The molecule has 6 nitrogen and oxygen atoms in total. The van der Waals surface area contributed by atoms with E-state index in [-0.39, 0.29) is 35.8 Å². The smallest absolute Gasteiger partial charge is 0.191 e. The third-order valence-corrected chi connectivity index (χ3v) is 7.00. The molecule has 1 unspecified atom stereocenters. The number of aryl methyl sites for hydroxylation is 1. The second kappa shape index (κ2) is 11.8. The van der Waals surface area contributed by atoms with Gasteiger partial charge in [-0.3, -0.25) is 4.99 Å². The Morgan fingerprint density at radius 2 is 1.89 bits per heavy atom. The summed E-state index contributed by atoms with van der Waals surface area (Å²) >= 11 is 0. The van der Waals surface area contributed by atoms with Gasteiger partial charge >= 0.3 is 0 Å². The molecule has 0 spiro atoms. The normalized spacial score (nSPS) is 13.5. The van der Waals surface area contributed by atoms with Gasteiger partial charge in [-0.15, -0.1) is 24.0 Å². The van der Waals surface area contributed by atoms with Crippen LogP contribution in [0.2, 0.25) is 0 Å². The Labute approximate surface area is 187 Å². The minimum absolute atomic E-state index is 0. The Morgan fingerprint density at radius 3 is 2.43 bits per heavy atom. The summed E-state index contributed by atoms with van der Waals surface area (Å²) in [5.41, 5.74) is 2.18. The van der Waals surface area contributed by atoms with Crippen LogP contribution in [0.25, 0.3) is 0 Å². The molecule has 0 aliphatic rings. The van der Waals surface area contributed by atoms with Crippen LogP contribution in [0.5, 0.6) is 5.75 Å². The van der Waals surface area contributed by atoms with E-state index in [9.17, 15) is 8.42 Å². The zero-order chi connectivity index (χ0) is 20.7. The van der Waals surface area contributed by atoms with Gasteiger partial charge in [0.15, 0.2) is 15.8 Å². The van der Waals surface area contributed by atoms with Gasteiger partial charge in [0.05, 0.1) is 16.6 Å². The van der Waals surface area contributed by atoms with Crippen molar-refractivity contribution in [2.45, 2.75) is 65.4 Å². The second-order valence-electron chi connectivity index (χ2n) is 7.73. The molecule has 0 saturated heterocycles. The molecule has 0 bridgehead atoms. The van der Waals surface area contributed by atoms with E-state index < -0.39 is 14.6 Å². The number of guanidine groups is 1. The van der Waals surface area contributed by atoms with E-state index in [0.717, 1.165) is 23.3 Å². The van der Waals surface area contributed by atoms with Crippen molar-refractivity contribution in [3.8, 4) is 5.75 Å². The Balaban J connectivity index is 0.00000729. The predicted octanol–water partition coefficient (Wildman–Crippen LogP) is 3.67. The number of nitrogens with zero attached hydrogens (tertiary/aromatic N) is 1. The van der Waals surface area contributed by atoms with E-state index >= 15 is 0 Å². The number of nitrogens with one attached hydrogen (secondary N) is 2. The third-order valence-electron chi connectivity index (χ3n) is 4.39. The molecule has 0 radical (unpaired) electrons. The van der Waals surface area contributed by atoms with E-state index in [1.54, 1.807) is 27.8 Å². The van der Waals surface area contributed by atoms with Crippen molar-refractivity contribution in [1.29, 1.82) is 0 Å². The van der Waals surface area contributed by atoms with Crippen molar-refractivity contribution in [2.75, 3.05) is 19.3 Å². The van der Waals surface area contributed by atoms with Gasteiger partial charge in [-0.2, -0.15) is 0 Å². The first-order chi connectivity index (χ1) is 12.5. The van der Waals surface area contributed by atoms with E-state index in [2.05, 4.69) is 29.5 Å². The maximum atomic E-state index is 12.2. The van der Waals surface area contributed by atoms with Gasteiger partial charge in [0.25, 0.3) is 0 Å². The van der Waals surface area contributed by atoms with Gasteiger partial charge in [-0.25, -0.2) is 8.42 Å². The molecule has 1 rings (SSSR count). The van der Waals surface area contributed by atoms with Crippen molar-refractivity contribution in [2.24, 2.45) is 4.99 Å². The Hall–Kier alpha value is -1.03. The predicted molar refractivity (Wildman–Crippen MR) is 129 cm³/mol. The summed E-state index contributed by atoms with van der Waals surface area (Å²) in [5, 5.41) is 6.30. The molecule has 1 atom stereocenters. The first-order valence-corrected chi connectivity index (χ1v) is 11.1. The van der Waals surface area contributed by atoms with Crippen molar-refractivity contribution in [3.63, 3.8) is 0 Å². The third kappa shape index (κ3) is 8.55. The highest BCUT2D eigenvalue weighted by Crippen LogP contribution is 2.22. The van der Waals surface area contributed by atoms with Gasteiger partial charge in [0, 0.05) is 25.7 Å². The molecule has 0 aliphatic heterocycles. The zero-order valence-corrected chi connectivity index (χ0v) is 21.3. The molecular weight excluding hydrogens is 489 g/mol. The van der Waals surface area contributed by atoms with Crippen LogP contribution in [0.15, 0.2) is 23.2 Å². The van der Waals surface area contributed by atoms with Crippen molar-refractivity contribution in [3.05, 3.63) is 29.3 Å². The summed E-state index contributed by atoms with van der Waals surface area (Å²) in [6.45, 7) is 12.2. The molecule has 0 fully saturated rings. The van der Waals surface area contributed by atoms with Crippen molar-refractivity contribution < 1.29 is 13.2 Å². The van der Waals surface area contributed by atoms with Gasteiger partial charge in [0.1, 0.15) is 5.75 Å². The molecular formula is C20H36IN3O3S. The van der Waals surface area contributed by atoms with Gasteiger partial charge in [0.2, 0.25) is 0 Å². The molecule has 0 saturated carbocycles. The minimum atomic E-state index is -3.16.